The van der Waals surface area contributed by atoms with Gasteiger partial charge in [-0.2, -0.15) is 5.10 Å². The summed E-state index contributed by atoms with van der Waals surface area (Å²) >= 11 is 11.9. The average molecular weight is 532 g/mol. The highest BCUT2D eigenvalue weighted by atomic mass is 35.5. The maximum atomic E-state index is 12.5. The van der Waals surface area contributed by atoms with Crippen molar-refractivity contribution in [3.63, 3.8) is 0 Å². The third-order valence-electron chi connectivity index (χ3n) is 4.66. The number of amides is 1. The molecule has 1 N–H and O–H groups in total. The molecule has 3 aromatic carbocycles. The van der Waals surface area contributed by atoms with E-state index in [2.05, 4.69) is 10.5 Å². The maximum Gasteiger partial charge on any atom is 0.345 e. The Morgan fingerprint density at radius 3 is 2.42 bits per heavy atom. The Morgan fingerprint density at radius 1 is 1.06 bits per heavy atom. The highest BCUT2D eigenvalue weighted by Gasteiger charge is 2.17. The molecule has 0 aliphatic carbocycles. The molecule has 0 aliphatic rings. The number of benzene rings is 3. The van der Waals surface area contributed by atoms with Gasteiger partial charge >= 0.3 is 5.97 Å². The highest BCUT2D eigenvalue weighted by Crippen LogP contribution is 2.30. The van der Waals surface area contributed by atoms with Gasteiger partial charge in [0, 0.05) is 17.2 Å². The fraction of sp³-hybridized carbons (Fsp3) is 0.125. The minimum atomic E-state index is -0.917. The van der Waals surface area contributed by atoms with E-state index in [0.29, 0.717) is 16.3 Å². The zero-order valence-corrected chi connectivity index (χ0v) is 20.4. The molecule has 186 valence electrons. The molecular formula is C24H19Cl2N3O7. The fourth-order valence-corrected chi connectivity index (χ4v) is 3.31. The van der Waals surface area contributed by atoms with E-state index in [1.807, 2.05) is 0 Å². The molecule has 10 nitrogen and oxygen atoms in total. The van der Waals surface area contributed by atoms with Crippen molar-refractivity contribution in [1.29, 1.82) is 0 Å². The van der Waals surface area contributed by atoms with E-state index in [1.54, 1.807) is 12.1 Å². The summed E-state index contributed by atoms with van der Waals surface area (Å²) in [6.07, 6.45) is 0.445. The number of methoxy groups -OCH3 is 1. The number of ether oxygens (including phenoxy) is 3. The number of carbonyl (C=O) groups excluding carboxylic acids is 2. The van der Waals surface area contributed by atoms with Crippen LogP contribution >= 0.6 is 23.2 Å². The number of nitro groups is 1. The summed E-state index contributed by atoms with van der Waals surface area (Å²) in [6, 6.07) is 14.4. The van der Waals surface area contributed by atoms with Crippen molar-refractivity contribution in [2.75, 3.05) is 7.11 Å². The van der Waals surface area contributed by atoms with Crippen LogP contribution in [0.1, 0.15) is 22.8 Å². The van der Waals surface area contributed by atoms with Crippen molar-refractivity contribution >= 4 is 47.0 Å². The monoisotopic (exact) mass is 531 g/mol. The van der Waals surface area contributed by atoms with Crippen LogP contribution < -0.4 is 19.6 Å². The number of rotatable bonds is 9. The lowest BCUT2D eigenvalue weighted by molar-refractivity contribution is -0.384. The minimum absolute atomic E-state index is 0.0888. The second kappa shape index (κ2) is 12.0. The van der Waals surface area contributed by atoms with Crippen LogP contribution in [0, 0.1) is 10.1 Å². The van der Waals surface area contributed by atoms with Crippen LogP contribution in [0.2, 0.25) is 10.0 Å². The molecule has 1 atom stereocenters. The molecule has 0 unspecified atom stereocenters. The minimum Gasteiger partial charge on any atom is -0.493 e. The van der Waals surface area contributed by atoms with Crippen LogP contribution in [0.5, 0.6) is 17.2 Å². The number of carbonyl (C=O) groups is 2. The van der Waals surface area contributed by atoms with Crippen LogP contribution in [0.3, 0.4) is 0 Å². The predicted molar refractivity (Wildman–Crippen MR) is 133 cm³/mol. The Labute approximate surface area is 215 Å². The second-order valence-corrected chi connectivity index (χ2v) is 8.01. The topological polar surface area (TPSA) is 129 Å². The summed E-state index contributed by atoms with van der Waals surface area (Å²) < 4.78 is 16.1. The SMILES string of the molecule is COc1cc(/C=N\NC(=O)[C@@H](C)Oc2ccc([N+](=O)[O-])cc2)ccc1OC(=O)c1ccc(Cl)cc1Cl. The summed E-state index contributed by atoms with van der Waals surface area (Å²) in [4.78, 5) is 34.9. The number of halogens is 2. The molecule has 0 fully saturated rings. The molecule has 0 saturated heterocycles. The van der Waals surface area contributed by atoms with Crippen molar-refractivity contribution < 1.29 is 28.7 Å². The lowest BCUT2D eigenvalue weighted by Crippen LogP contribution is -2.33. The summed E-state index contributed by atoms with van der Waals surface area (Å²) in [7, 11) is 1.40. The molecule has 0 bridgehead atoms. The smallest absolute Gasteiger partial charge is 0.345 e. The summed E-state index contributed by atoms with van der Waals surface area (Å²) in [6.45, 7) is 1.51. The average Bonchev–Trinajstić information content (AvgIpc) is 2.84. The van der Waals surface area contributed by atoms with Gasteiger partial charge in [0.15, 0.2) is 17.6 Å². The number of nitrogens with one attached hydrogen (secondary N) is 1. The predicted octanol–water partition coefficient (Wildman–Crippen LogP) is 5.05. The first-order chi connectivity index (χ1) is 17.2. The van der Waals surface area contributed by atoms with E-state index in [-0.39, 0.29) is 27.8 Å². The van der Waals surface area contributed by atoms with Crippen molar-refractivity contribution in [3.8, 4) is 17.2 Å². The van der Waals surface area contributed by atoms with Crippen LogP contribution in [0.25, 0.3) is 0 Å². The van der Waals surface area contributed by atoms with Gasteiger partial charge in [-0.05, 0) is 61.0 Å². The van der Waals surface area contributed by atoms with Crippen molar-refractivity contribution in [1.82, 2.24) is 5.43 Å². The van der Waals surface area contributed by atoms with Crippen molar-refractivity contribution in [2.45, 2.75) is 13.0 Å². The number of hydrazone groups is 1. The van der Waals surface area contributed by atoms with E-state index >= 15 is 0 Å². The molecular weight excluding hydrogens is 513 g/mol. The second-order valence-electron chi connectivity index (χ2n) is 7.17. The van der Waals surface area contributed by atoms with Crippen LogP contribution in [-0.4, -0.2) is 36.2 Å². The highest BCUT2D eigenvalue weighted by molar-refractivity contribution is 6.36. The third-order valence-corrected chi connectivity index (χ3v) is 5.21. The van der Waals surface area contributed by atoms with Gasteiger partial charge in [-0.1, -0.05) is 23.2 Å². The van der Waals surface area contributed by atoms with Gasteiger partial charge in [0.1, 0.15) is 5.75 Å². The van der Waals surface area contributed by atoms with Gasteiger partial charge in [0.25, 0.3) is 11.6 Å². The molecule has 12 heteroatoms. The first-order valence-corrected chi connectivity index (χ1v) is 11.0. The van der Waals surface area contributed by atoms with Crippen LogP contribution in [0.4, 0.5) is 5.69 Å². The van der Waals surface area contributed by atoms with Crippen LogP contribution in [0.15, 0.2) is 65.8 Å². The van der Waals surface area contributed by atoms with Gasteiger partial charge in [0.2, 0.25) is 0 Å². The molecule has 0 aliphatic heterocycles. The first-order valence-electron chi connectivity index (χ1n) is 10.3. The van der Waals surface area contributed by atoms with E-state index in [0.717, 1.165) is 0 Å². The number of hydrogen-bond donors (Lipinski definition) is 1. The number of non-ortho nitro benzene ring substituents is 1. The van der Waals surface area contributed by atoms with E-state index in [1.165, 1.54) is 68.8 Å². The van der Waals surface area contributed by atoms with Gasteiger partial charge in [-0.25, -0.2) is 10.2 Å². The molecule has 0 spiro atoms. The van der Waals surface area contributed by atoms with Crippen molar-refractivity contribution in [2.24, 2.45) is 5.10 Å². The number of nitro benzene ring substituents is 1. The number of nitrogens with zero attached hydrogens (tertiary/aromatic N) is 2. The third kappa shape index (κ3) is 6.94. The quantitative estimate of drug-likeness (QED) is 0.134. The first kappa shape index (κ1) is 26.5. The normalized spacial score (nSPS) is 11.6. The Bertz CT molecular complexity index is 1310. The Morgan fingerprint density at radius 2 is 1.78 bits per heavy atom. The Balaban J connectivity index is 1.60. The van der Waals surface area contributed by atoms with Crippen LogP contribution in [-0.2, 0) is 4.79 Å². The molecule has 3 aromatic rings. The largest absolute Gasteiger partial charge is 0.493 e. The lowest BCUT2D eigenvalue weighted by atomic mass is 10.2. The number of esters is 1. The summed E-state index contributed by atoms with van der Waals surface area (Å²) in [5, 5.41) is 15.1. The maximum absolute atomic E-state index is 12.5. The van der Waals surface area contributed by atoms with Gasteiger partial charge in [-0.3, -0.25) is 14.9 Å². The van der Waals surface area contributed by atoms with E-state index < -0.39 is 22.9 Å². The molecule has 0 heterocycles. The van der Waals surface area contributed by atoms with E-state index in [4.69, 9.17) is 37.4 Å². The van der Waals surface area contributed by atoms with Gasteiger partial charge in [-0.15, -0.1) is 0 Å². The molecule has 3 rings (SSSR count). The standard InChI is InChI=1S/C24H19Cl2N3O7/c1-14(35-18-7-5-17(6-8-18)29(32)33)23(30)28-27-13-15-3-10-21(22(11-15)34-2)36-24(31)19-9-4-16(25)12-20(19)26/h3-14H,1-2H3,(H,28,30)/b27-13-/t14-/m1/s1. The summed E-state index contributed by atoms with van der Waals surface area (Å²) in [5.41, 5.74) is 2.94. The zero-order chi connectivity index (χ0) is 26.2. The molecule has 0 aromatic heterocycles. The molecule has 1 amide bonds. The molecule has 0 radical (unpaired) electrons. The number of hydrogen-bond acceptors (Lipinski definition) is 8. The van der Waals surface area contributed by atoms with Crippen molar-refractivity contribution in [3.05, 3.63) is 92.0 Å². The zero-order valence-electron chi connectivity index (χ0n) is 18.9. The van der Waals surface area contributed by atoms with Gasteiger partial charge < -0.3 is 14.2 Å². The summed E-state index contributed by atoms with van der Waals surface area (Å²) in [5.74, 6) is -0.534. The molecule has 36 heavy (non-hydrogen) atoms. The van der Waals surface area contributed by atoms with E-state index in [9.17, 15) is 19.7 Å². The Hall–Kier alpha value is -4.15. The van der Waals surface area contributed by atoms with Gasteiger partial charge in [0.05, 0.1) is 28.8 Å². The lowest BCUT2D eigenvalue weighted by Gasteiger charge is -2.12. The fourth-order valence-electron chi connectivity index (χ4n) is 2.82. The molecule has 0 saturated carbocycles. The Kier molecular flexibility index (Phi) is 8.82.